The Morgan fingerprint density at radius 3 is 2.71 bits per heavy atom. The molecule has 0 aliphatic heterocycles. The molecule has 0 saturated heterocycles. The van der Waals surface area contributed by atoms with Gasteiger partial charge >= 0.3 is 0 Å². The fourth-order valence-corrected chi connectivity index (χ4v) is 4.19. The molecule has 4 aromatic rings. The molecule has 0 aliphatic rings. The van der Waals surface area contributed by atoms with Gasteiger partial charge < -0.3 is 10.1 Å². The van der Waals surface area contributed by atoms with Crippen molar-refractivity contribution in [3.8, 4) is 22.9 Å². The molecule has 0 spiro atoms. The Morgan fingerprint density at radius 2 is 1.96 bits per heavy atom. The van der Waals surface area contributed by atoms with Gasteiger partial charge in [0.2, 0.25) is 0 Å². The summed E-state index contributed by atoms with van der Waals surface area (Å²) in [6.07, 6.45) is 1.57. The number of ether oxygens (including phenoxy) is 1. The number of thiophene rings is 1. The van der Waals surface area contributed by atoms with Gasteiger partial charge in [-0.25, -0.2) is 9.97 Å². The Morgan fingerprint density at radius 1 is 1.14 bits per heavy atom. The highest BCUT2D eigenvalue weighted by Crippen LogP contribution is 2.41. The number of benzene rings is 2. The molecule has 5 nitrogen and oxygen atoms in total. The molecule has 6 heteroatoms. The molecule has 0 saturated carbocycles. The van der Waals surface area contributed by atoms with Gasteiger partial charge in [0.15, 0.2) is 0 Å². The van der Waals surface area contributed by atoms with E-state index in [9.17, 15) is 0 Å². The van der Waals surface area contributed by atoms with Crippen LogP contribution in [0, 0.1) is 18.3 Å². The second-order valence-electron chi connectivity index (χ2n) is 6.21. The van der Waals surface area contributed by atoms with Crippen molar-refractivity contribution in [1.82, 2.24) is 9.97 Å². The van der Waals surface area contributed by atoms with Gasteiger partial charge in [0.25, 0.3) is 0 Å². The van der Waals surface area contributed by atoms with Crippen molar-refractivity contribution < 1.29 is 4.74 Å². The van der Waals surface area contributed by atoms with E-state index in [0.29, 0.717) is 12.2 Å². The van der Waals surface area contributed by atoms with Crippen molar-refractivity contribution >= 4 is 33.1 Å². The van der Waals surface area contributed by atoms with Gasteiger partial charge in [0.1, 0.15) is 22.7 Å². The molecule has 1 N–H and O–H groups in total. The molecule has 0 atom stereocenters. The predicted octanol–water partition coefficient (Wildman–Crippen LogP) is 5.68. The van der Waals surface area contributed by atoms with E-state index in [1.54, 1.807) is 23.7 Å². The summed E-state index contributed by atoms with van der Waals surface area (Å²) in [4.78, 5) is 11.0. The van der Waals surface area contributed by atoms with Gasteiger partial charge in [-0.05, 0) is 49.7 Å². The first-order valence-corrected chi connectivity index (χ1v) is 9.75. The van der Waals surface area contributed by atoms with Crippen LogP contribution in [0.4, 0.5) is 11.5 Å². The third-order valence-electron chi connectivity index (χ3n) is 4.37. The fraction of sp³-hybridized carbons (Fsp3) is 0.136. The average Bonchev–Trinajstić information content (AvgIpc) is 3.06. The second-order valence-corrected chi connectivity index (χ2v) is 7.41. The number of nitrogens with zero attached hydrogens (tertiary/aromatic N) is 3. The smallest absolute Gasteiger partial charge is 0.143 e. The highest BCUT2D eigenvalue weighted by atomic mass is 32.1. The maximum absolute atomic E-state index is 9.14. The maximum Gasteiger partial charge on any atom is 0.143 e. The number of aromatic nitrogens is 2. The van der Waals surface area contributed by atoms with Crippen LogP contribution in [0.3, 0.4) is 0 Å². The molecule has 28 heavy (non-hydrogen) atoms. The zero-order valence-corrected chi connectivity index (χ0v) is 16.4. The van der Waals surface area contributed by atoms with Crippen molar-refractivity contribution in [3.05, 3.63) is 65.3 Å². The van der Waals surface area contributed by atoms with Crippen molar-refractivity contribution in [1.29, 1.82) is 5.26 Å². The number of hydrogen-bond donors (Lipinski definition) is 1. The number of rotatable bonds is 5. The average molecular weight is 386 g/mol. The number of nitrogens with one attached hydrogen (secondary N) is 1. The summed E-state index contributed by atoms with van der Waals surface area (Å²) < 4.78 is 5.56. The quantitative estimate of drug-likeness (QED) is 0.478. The zero-order chi connectivity index (χ0) is 19.5. The molecule has 2 aromatic carbocycles. The molecule has 0 amide bonds. The van der Waals surface area contributed by atoms with Gasteiger partial charge in [-0.15, -0.1) is 11.3 Å². The summed E-state index contributed by atoms with van der Waals surface area (Å²) >= 11 is 1.65. The molecule has 2 aromatic heterocycles. The first-order valence-electron chi connectivity index (χ1n) is 8.94. The standard InChI is InChI=1S/C22H18N4OS/c1-3-27-18-9-7-16(8-10-18)19-14(2)28-22-20(19)21(24-13-25-22)26-17-6-4-5-15(11-17)12-23/h4-11,13H,3H2,1-2H3,(H,24,25,26). The van der Waals surface area contributed by atoms with E-state index in [0.717, 1.165) is 38.6 Å². The monoisotopic (exact) mass is 386 g/mol. The Hall–Kier alpha value is -3.43. The lowest BCUT2D eigenvalue weighted by atomic mass is 10.0. The number of fused-ring (bicyclic) bond motifs is 1. The third-order valence-corrected chi connectivity index (χ3v) is 5.39. The molecule has 0 radical (unpaired) electrons. The van der Waals surface area contributed by atoms with E-state index in [1.165, 1.54) is 4.88 Å². The van der Waals surface area contributed by atoms with E-state index in [-0.39, 0.29) is 0 Å². The summed E-state index contributed by atoms with van der Waals surface area (Å²) in [7, 11) is 0. The van der Waals surface area contributed by atoms with Crippen LogP contribution in [0.25, 0.3) is 21.3 Å². The Kier molecular flexibility index (Phi) is 4.92. The van der Waals surface area contributed by atoms with Crippen LogP contribution in [-0.4, -0.2) is 16.6 Å². The largest absolute Gasteiger partial charge is 0.494 e. The Bertz CT molecular complexity index is 1180. The summed E-state index contributed by atoms with van der Waals surface area (Å²) in [5, 5.41) is 13.5. The zero-order valence-electron chi connectivity index (χ0n) is 15.6. The summed E-state index contributed by atoms with van der Waals surface area (Å²) in [5.74, 6) is 1.58. The molecule has 138 valence electrons. The van der Waals surface area contributed by atoms with Gasteiger partial charge in [0.05, 0.1) is 23.6 Å². The molecule has 0 fully saturated rings. The minimum atomic E-state index is 0.600. The van der Waals surface area contributed by atoms with Crippen LogP contribution in [0.2, 0.25) is 0 Å². The van der Waals surface area contributed by atoms with Crippen molar-refractivity contribution in [2.24, 2.45) is 0 Å². The van der Waals surface area contributed by atoms with Gasteiger partial charge in [-0.1, -0.05) is 18.2 Å². The van der Waals surface area contributed by atoms with E-state index < -0.39 is 0 Å². The maximum atomic E-state index is 9.14. The summed E-state index contributed by atoms with van der Waals surface area (Å²) in [5.41, 5.74) is 3.63. The number of anilines is 2. The molecule has 0 aliphatic carbocycles. The van der Waals surface area contributed by atoms with E-state index in [4.69, 9.17) is 10.00 Å². The van der Waals surface area contributed by atoms with Gasteiger partial charge in [-0.3, -0.25) is 0 Å². The second kappa shape index (κ2) is 7.67. The highest BCUT2D eigenvalue weighted by molar-refractivity contribution is 7.19. The Balaban J connectivity index is 1.81. The van der Waals surface area contributed by atoms with Gasteiger partial charge in [0, 0.05) is 16.1 Å². The first kappa shape index (κ1) is 18.0. The van der Waals surface area contributed by atoms with Crippen LogP contribution < -0.4 is 10.1 Å². The van der Waals surface area contributed by atoms with Crippen LogP contribution >= 0.6 is 11.3 Å². The molecule has 0 bridgehead atoms. The molecule has 0 unspecified atom stereocenters. The summed E-state index contributed by atoms with van der Waals surface area (Å²) in [6.45, 7) is 4.71. The van der Waals surface area contributed by atoms with Crippen LogP contribution in [-0.2, 0) is 0 Å². The predicted molar refractivity (Wildman–Crippen MR) is 113 cm³/mol. The van der Waals surface area contributed by atoms with Crippen LogP contribution in [0.15, 0.2) is 54.9 Å². The van der Waals surface area contributed by atoms with Crippen molar-refractivity contribution in [3.63, 3.8) is 0 Å². The Labute approximate surface area is 167 Å². The molecular weight excluding hydrogens is 368 g/mol. The van der Waals surface area contributed by atoms with Crippen molar-refractivity contribution in [2.45, 2.75) is 13.8 Å². The lowest BCUT2D eigenvalue weighted by molar-refractivity contribution is 0.340. The van der Waals surface area contributed by atoms with Crippen LogP contribution in [0.5, 0.6) is 5.75 Å². The summed E-state index contributed by atoms with van der Waals surface area (Å²) in [6, 6.07) is 17.6. The minimum Gasteiger partial charge on any atom is -0.494 e. The number of nitriles is 1. The molecular formula is C22H18N4OS. The lowest BCUT2D eigenvalue weighted by Crippen LogP contribution is -1.96. The first-order chi connectivity index (χ1) is 13.7. The van der Waals surface area contributed by atoms with E-state index >= 15 is 0 Å². The fourth-order valence-electron chi connectivity index (χ4n) is 3.17. The SMILES string of the molecule is CCOc1ccc(-c2c(C)sc3ncnc(Nc4cccc(C#N)c4)c23)cc1. The normalized spacial score (nSPS) is 10.6. The van der Waals surface area contributed by atoms with E-state index in [2.05, 4.69) is 40.4 Å². The van der Waals surface area contributed by atoms with Crippen molar-refractivity contribution in [2.75, 3.05) is 11.9 Å². The molecule has 4 rings (SSSR count). The molecule has 2 heterocycles. The van der Waals surface area contributed by atoms with Crippen LogP contribution in [0.1, 0.15) is 17.4 Å². The number of hydrogen-bond acceptors (Lipinski definition) is 6. The lowest BCUT2D eigenvalue weighted by Gasteiger charge is -2.10. The van der Waals surface area contributed by atoms with E-state index in [1.807, 2.05) is 37.3 Å². The topological polar surface area (TPSA) is 70.8 Å². The highest BCUT2D eigenvalue weighted by Gasteiger charge is 2.17. The minimum absolute atomic E-state index is 0.600. The number of aryl methyl sites for hydroxylation is 1. The van der Waals surface area contributed by atoms with Gasteiger partial charge in [-0.2, -0.15) is 5.26 Å². The third kappa shape index (κ3) is 3.40.